The van der Waals surface area contributed by atoms with E-state index >= 15 is 0 Å². The Labute approximate surface area is 352 Å². The number of pyridine rings is 2. The van der Waals surface area contributed by atoms with Crippen LogP contribution in [-0.2, 0) is 26.5 Å². The quantitative estimate of drug-likeness (QED) is 0.0907. The van der Waals surface area contributed by atoms with E-state index in [0.717, 1.165) is 45.5 Å². The van der Waals surface area contributed by atoms with E-state index in [1.54, 1.807) is 0 Å². The zero-order valence-electron chi connectivity index (χ0n) is 33.2. The van der Waals surface area contributed by atoms with E-state index in [2.05, 4.69) is 92.7 Å². The summed E-state index contributed by atoms with van der Waals surface area (Å²) in [5.74, 6) is -0.0154. The Bertz CT molecular complexity index is 2870. The van der Waals surface area contributed by atoms with Gasteiger partial charge in [-0.1, -0.05) is 110 Å². The Balaban J connectivity index is 0.000000179. The third-order valence-electron chi connectivity index (χ3n) is 10.5. The van der Waals surface area contributed by atoms with Gasteiger partial charge in [0.25, 0.3) is 0 Å². The molecule has 0 aliphatic carbocycles. The Morgan fingerprint density at radius 2 is 1.53 bits per heavy atom. The average molecular weight is 961 g/mol. The molecule has 0 saturated heterocycles. The van der Waals surface area contributed by atoms with Gasteiger partial charge in [-0.3, -0.25) is 9.37 Å². The van der Waals surface area contributed by atoms with Crippen LogP contribution < -0.4 is 10.4 Å². The van der Waals surface area contributed by atoms with Gasteiger partial charge in [-0.05, 0) is 77.8 Å². The number of furan rings is 1. The van der Waals surface area contributed by atoms with Gasteiger partial charge in [-0.2, -0.15) is 9.37 Å². The Morgan fingerprint density at radius 1 is 0.810 bits per heavy atom. The number of hydrogen-bond donors (Lipinski definition) is 0. The predicted molar refractivity (Wildman–Crippen MR) is 230 cm³/mol. The number of aryl methyl sites for hydroxylation is 2. The van der Waals surface area contributed by atoms with Crippen molar-refractivity contribution in [1.82, 2.24) is 19.5 Å². The molecule has 0 bridgehead atoms. The van der Waals surface area contributed by atoms with Crippen molar-refractivity contribution in [3.63, 3.8) is 0 Å². The Morgan fingerprint density at radius 3 is 2.26 bits per heavy atom. The molecule has 0 saturated carbocycles. The van der Waals surface area contributed by atoms with Gasteiger partial charge >= 0.3 is 0 Å². The van der Waals surface area contributed by atoms with E-state index in [9.17, 15) is 8.78 Å². The first kappa shape index (κ1) is 40.6. The topological polar surface area (TPSA) is 56.7 Å². The molecule has 0 spiro atoms. The van der Waals surface area contributed by atoms with Crippen molar-refractivity contribution in [3.05, 3.63) is 168 Å². The molecule has 0 unspecified atom stereocenters. The number of benzene rings is 5. The minimum Gasteiger partial charge on any atom is -0.486 e. The van der Waals surface area contributed by atoms with Gasteiger partial charge in [0, 0.05) is 43.2 Å². The predicted octanol–water partition coefficient (Wildman–Crippen LogP) is 11.2. The zero-order valence-corrected chi connectivity index (χ0v) is 36.6. The Kier molecular flexibility index (Phi) is 11.7. The zero-order chi connectivity index (χ0) is 39.8. The van der Waals surface area contributed by atoms with E-state index in [-0.39, 0.29) is 36.8 Å². The van der Waals surface area contributed by atoms with Gasteiger partial charge in [-0.15, -0.1) is 48.0 Å². The summed E-state index contributed by atoms with van der Waals surface area (Å²) in [6, 6.07) is 45.4. The summed E-state index contributed by atoms with van der Waals surface area (Å²) in [5.41, 5.74) is 9.12. The average Bonchev–Trinajstić information content (AvgIpc) is 3.78. The number of para-hydroxylation sites is 3. The van der Waals surface area contributed by atoms with Crippen LogP contribution in [-0.4, -0.2) is 27.6 Å². The number of nitrogens with zero attached hydrogens (tertiary/aromatic N) is 4. The van der Waals surface area contributed by atoms with Gasteiger partial charge in [0.05, 0.1) is 22.4 Å². The fourth-order valence-electron chi connectivity index (χ4n) is 7.77. The van der Waals surface area contributed by atoms with Crippen molar-refractivity contribution >= 4 is 51.5 Å². The molecule has 58 heavy (non-hydrogen) atoms. The van der Waals surface area contributed by atoms with E-state index in [1.165, 1.54) is 34.1 Å². The molecule has 5 nitrogen and oxygen atoms in total. The van der Waals surface area contributed by atoms with Crippen LogP contribution >= 0.6 is 0 Å². The van der Waals surface area contributed by atoms with Crippen LogP contribution in [0.25, 0.3) is 61.4 Å². The van der Waals surface area contributed by atoms with Crippen molar-refractivity contribution in [3.8, 4) is 28.3 Å². The molecule has 9 rings (SSSR count). The summed E-state index contributed by atoms with van der Waals surface area (Å²) in [6.45, 7) is 13.5. The molecule has 9 aromatic rings. The number of rotatable bonds is 7. The molecule has 0 aliphatic heterocycles. The van der Waals surface area contributed by atoms with Crippen molar-refractivity contribution in [2.75, 3.05) is 0 Å². The molecule has 293 valence electrons. The van der Waals surface area contributed by atoms with Crippen molar-refractivity contribution in [2.24, 2.45) is 5.92 Å². The number of aromatic nitrogens is 4. The molecule has 5 aromatic carbocycles. The maximum absolute atomic E-state index is 14.9. The van der Waals surface area contributed by atoms with E-state index < -0.39 is 19.8 Å². The monoisotopic (exact) mass is 961 g/mol. The smallest absolute Gasteiger partial charge is 0.218 e. The third-order valence-corrected chi connectivity index (χ3v) is 14.1. The first-order chi connectivity index (χ1) is 27.5. The van der Waals surface area contributed by atoms with Gasteiger partial charge in [0.1, 0.15) is 8.07 Å². The second-order valence-corrected chi connectivity index (χ2v) is 19.8. The van der Waals surface area contributed by atoms with E-state index in [1.807, 2.05) is 79.1 Å². The fourth-order valence-corrected chi connectivity index (χ4v) is 10.5. The largest absolute Gasteiger partial charge is 0.486 e. The van der Waals surface area contributed by atoms with Crippen LogP contribution in [0.5, 0.6) is 0 Å². The minimum atomic E-state index is -1.76. The summed E-state index contributed by atoms with van der Waals surface area (Å²) in [6.07, 6.45) is 3.22. The number of fused-ring (bicyclic) bond motifs is 4. The van der Waals surface area contributed by atoms with Crippen LogP contribution in [0.4, 0.5) is 8.78 Å². The molecule has 0 N–H and O–H groups in total. The van der Waals surface area contributed by atoms with Gasteiger partial charge < -0.3 is 14.0 Å². The maximum Gasteiger partial charge on any atom is 0.218 e. The minimum absolute atomic E-state index is 0. The molecule has 0 atom stereocenters. The normalized spacial score (nSPS) is 11.5. The molecule has 1 radical (unpaired) electrons. The van der Waals surface area contributed by atoms with Crippen LogP contribution in [0.2, 0.25) is 13.1 Å². The van der Waals surface area contributed by atoms with E-state index in [0.29, 0.717) is 22.7 Å². The summed E-state index contributed by atoms with van der Waals surface area (Å²) < 4.78 is 36.5. The van der Waals surface area contributed by atoms with Crippen molar-refractivity contribution < 1.29 is 33.3 Å². The first-order valence-electron chi connectivity index (χ1n) is 19.2. The molecule has 9 heteroatoms. The van der Waals surface area contributed by atoms with Crippen LogP contribution in [0.15, 0.2) is 132 Å². The molecular formula is C49H42F2IrN4OSi-2. The van der Waals surface area contributed by atoms with Gasteiger partial charge in [-0.25, -0.2) is 0 Å². The molecule has 0 aliphatic rings. The number of halogens is 2. The molecular weight excluding hydrogens is 919 g/mol. The second kappa shape index (κ2) is 16.7. The van der Waals surface area contributed by atoms with E-state index in [4.69, 9.17) is 14.4 Å². The van der Waals surface area contributed by atoms with Crippen LogP contribution in [0.1, 0.15) is 30.5 Å². The molecule has 0 fully saturated rings. The summed E-state index contributed by atoms with van der Waals surface area (Å²) in [4.78, 5) is 13.5. The summed E-state index contributed by atoms with van der Waals surface area (Å²) >= 11 is 0. The van der Waals surface area contributed by atoms with Crippen molar-refractivity contribution in [2.45, 2.75) is 47.2 Å². The van der Waals surface area contributed by atoms with Crippen LogP contribution in [0, 0.1) is 43.7 Å². The fraction of sp³-hybridized carbons (Fsp3) is 0.163. The van der Waals surface area contributed by atoms with Crippen LogP contribution in [0.3, 0.4) is 0 Å². The molecule has 4 heterocycles. The standard InChI is InChI=1S/C26H16F2N3O.C23H26NSi.Ir/c1-14-6-5-7-15(2)23(14)31-20-9-4-3-8-19(20)29-25(31)17-10-12-18(27)22-16-11-13-21(28)30-26(16)32-24(17)22;1-18(2)15-20-16-22(19-11-7-5-8-12-19)24-17-23(20)25(3,4)21-13-9-6-10-14-21;/h3-9,11-13H,1-2H3;5-11,13-14,16-18H,15H2,1-4H3;/q2*-1;. The summed E-state index contributed by atoms with van der Waals surface area (Å²) in [7, 11) is -1.76. The van der Waals surface area contributed by atoms with Gasteiger partial charge in [0.2, 0.25) is 11.7 Å². The first-order valence-corrected chi connectivity index (χ1v) is 22.2. The molecule has 0 amide bonds. The maximum atomic E-state index is 14.9. The number of hydrogen-bond acceptors (Lipinski definition) is 4. The third kappa shape index (κ3) is 7.70. The van der Waals surface area contributed by atoms with Crippen molar-refractivity contribution in [1.29, 1.82) is 0 Å². The summed E-state index contributed by atoms with van der Waals surface area (Å²) in [5, 5.41) is 3.55. The second-order valence-electron chi connectivity index (χ2n) is 15.4. The SMILES string of the molecule is CC(C)Cc1cc(-c2[c-]cccc2)ncc1[Si](C)(C)c1ccccc1.Cc1cccc(C)c1-n1c(-c2[c-]cc(F)c3c2oc2nc(F)ccc23)nc2ccccc21.[Ir]. The molecule has 4 aromatic heterocycles. The Hall–Kier alpha value is -5.60. The number of imidazole rings is 1. The van der Waals surface area contributed by atoms with Gasteiger partial charge in [0.15, 0.2) is 0 Å².